The van der Waals surface area contributed by atoms with Gasteiger partial charge in [0.25, 0.3) is 0 Å². The molecule has 0 saturated heterocycles. The maximum atomic E-state index is 6.29. The Balaban J connectivity index is 2.84. The van der Waals surface area contributed by atoms with Gasteiger partial charge in [0.05, 0.1) is 16.4 Å². The summed E-state index contributed by atoms with van der Waals surface area (Å²) in [5.74, 6) is 0. The van der Waals surface area contributed by atoms with E-state index >= 15 is 0 Å². The summed E-state index contributed by atoms with van der Waals surface area (Å²) in [6.45, 7) is 4.21. The molecule has 0 radical (unpaired) electrons. The van der Waals surface area contributed by atoms with Crippen molar-refractivity contribution < 1.29 is 0 Å². The van der Waals surface area contributed by atoms with Gasteiger partial charge in [0.15, 0.2) is 0 Å². The number of rotatable bonds is 5. The number of aromatic nitrogens is 2. The standard InChI is InChI=1S/C12H18BrClN2/c1-4-10-12(14)11(16(3)15-10)8-9(2)6-5-7-13/h6H,4-5,7-8H2,1-3H3. The molecule has 0 aliphatic carbocycles. The van der Waals surface area contributed by atoms with Crippen LogP contribution in [0.2, 0.25) is 5.02 Å². The molecule has 1 heterocycles. The van der Waals surface area contributed by atoms with Gasteiger partial charge in [-0.05, 0) is 19.8 Å². The zero-order valence-corrected chi connectivity index (χ0v) is 12.4. The fourth-order valence-electron chi connectivity index (χ4n) is 1.65. The molecule has 1 rings (SSSR count). The number of nitrogens with zero attached hydrogens (tertiary/aromatic N) is 2. The second-order valence-corrected chi connectivity index (χ2v) is 5.06. The number of aryl methyl sites for hydroxylation is 2. The fourth-order valence-corrected chi connectivity index (χ4v) is 2.24. The van der Waals surface area contributed by atoms with Gasteiger partial charge in [-0.1, -0.05) is 46.1 Å². The first kappa shape index (κ1) is 13.8. The molecule has 0 unspecified atom stereocenters. The molecule has 0 fully saturated rings. The van der Waals surface area contributed by atoms with E-state index in [1.807, 2.05) is 11.7 Å². The monoisotopic (exact) mass is 304 g/mol. The fraction of sp³-hybridized carbons (Fsp3) is 0.583. The van der Waals surface area contributed by atoms with Gasteiger partial charge in [0.2, 0.25) is 0 Å². The summed E-state index contributed by atoms with van der Waals surface area (Å²) >= 11 is 9.71. The number of alkyl halides is 1. The Kier molecular flexibility index (Phi) is 5.56. The van der Waals surface area contributed by atoms with Crippen LogP contribution in [0.4, 0.5) is 0 Å². The minimum absolute atomic E-state index is 0.830. The highest BCUT2D eigenvalue weighted by Crippen LogP contribution is 2.23. The Morgan fingerprint density at radius 1 is 1.56 bits per heavy atom. The van der Waals surface area contributed by atoms with E-state index in [1.165, 1.54) is 5.57 Å². The predicted octanol–water partition coefficient (Wildman–Crippen LogP) is 3.91. The SMILES string of the molecule is CCc1nn(C)c(CC(C)=CCCBr)c1Cl. The van der Waals surface area contributed by atoms with Gasteiger partial charge in [-0.15, -0.1) is 0 Å². The summed E-state index contributed by atoms with van der Waals surface area (Å²) in [5.41, 5.74) is 3.45. The molecule has 1 aromatic heterocycles. The maximum absolute atomic E-state index is 6.29. The zero-order chi connectivity index (χ0) is 12.1. The molecular weight excluding hydrogens is 288 g/mol. The van der Waals surface area contributed by atoms with Crippen molar-refractivity contribution in [2.45, 2.75) is 33.1 Å². The smallest absolute Gasteiger partial charge is 0.0853 e. The van der Waals surface area contributed by atoms with Crippen molar-refractivity contribution in [1.82, 2.24) is 9.78 Å². The number of hydrogen-bond donors (Lipinski definition) is 0. The molecule has 0 amide bonds. The molecule has 0 N–H and O–H groups in total. The highest BCUT2D eigenvalue weighted by molar-refractivity contribution is 9.09. The second-order valence-electron chi connectivity index (χ2n) is 3.89. The molecule has 0 bridgehead atoms. The number of hydrogen-bond acceptors (Lipinski definition) is 1. The van der Waals surface area contributed by atoms with Crippen LogP contribution >= 0.6 is 27.5 Å². The molecule has 0 aromatic carbocycles. The van der Waals surface area contributed by atoms with E-state index in [-0.39, 0.29) is 0 Å². The molecule has 0 saturated carbocycles. The van der Waals surface area contributed by atoms with Gasteiger partial charge in [0, 0.05) is 18.8 Å². The van der Waals surface area contributed by atoms with Crippen LogP contribution in [-0.4, -0.2) is 15.1 Å². The van der Waals surface area contributed by atoms with E-state index in [0.29, 0.717) is 0 Å². The van der Waals surface area contributed by atoms with Crippen molar-refractivity contribution in [1.29, 1.82) is 0 Å². The van der Waals surface area contributed by atoms with Crippen molar-refractivity contribution in [3.63, 3.8) is 0 Å². The van der Waals surface area contributed by atoms with Gasteiger partial charge < -0.3 is 0 Å². The maximum Gasteiger partial charge on any atom is 0.0853 e. The van der Waals surface area contributed by atoms with Crippen molar-refractivity contribution in [3.05, 3.63) is 28.1 Å². The van der Waals surface area contributed by atoms with E-state index in [1.54, 1.807) is 0 Å². The molecule has 0 aliphatic heterocycles. The van der Waals surface area contributed by atoms with Crippen molar-refractivity contribution in [2.24, 2.45) is 7.05 Å². The molecule has 0 atom stereocenters. The lowest BCUT2D eigenvalue weighted by Gasteiger charge is -2.03. The Hall–Kier alpha value is -0.280. The van der Waals surface area contributed by atoms with Crippen LogP contribution in [-0.2, 0) is 19.9 Å². The molecule has 0 spiro atoms. The van der Waals surface area contributed by atoms with E-state index in [4.69, 9.17) is 11.6 Å². The summed E-state index contributed by atoms with van der Waals surface area (Å²) in [5, 5.41) is 6.24. The molecular formula is C12H18BrClN2. The Morgan fingerprint density at radius 2 is 2.25 bits per heavy atom. The van der Waals surface area contributed by atoms with Crippen LogP contribution in [0.1, 0.15) is 31.7 Å². The Labute approximate surface area is 111 Å². The minimum atomic E-state index is 0.830. The largest absolute Gasteiger partial charge is 0.271 e. The quantitative estimate of drug-likeness (QED) is 0.596. The normalized spacial score (nSPS) is 12.2. The van der Waals surface area contributed by atoms with Crippen molar-refractivity contribution in [2.75, 3.05) is 5.33 Å². The second kappa shape index (κ2) is 6.45. The summed E-state index contributed by atoms with van der Waals surface area (Å²) in [6, 6.07) is 0. The van der Waals surface area contributed by atoms with Crippen LogP contribution in [0.25, 0.3) is 0 Å². The first-order valence-electron chi connectivity index (χ1n) is 5.52. The lowest BCUT2D eigenvalue weighted by molar-refractivity contribution is 0.708. The molecule has 2 nitrogen and oxygen atoms in total. The van der Waals surface area contributed by atoms with Crippen LogP contribution < -0.4 is 0 Å². The molecule has 16 heavy (non-hydrogen) atoms. The predicted molar refractivity (Wildman–Crippen MR) is 73.5 cm³/mol. The van der Waals surface area contributed by atoms with Crippen molar-refractivity contribution >= 4 is 27.5 Å². The number of halogens is 2. The Morgan fingerprint density at radius 3 is 2.75 bits per heavy atom. The van der Waals surface area contributed by atoms with Gasteiger partial charge in [-0.3, -0.25) is 4.68 Å². The van der Waals surface area contributed by atoms with Gasteiger partial charge in [-0.2, -0.15) is 5.10 Å². The first-order valence-corrected chi connectivity index (χ1v) is 7.01. The third-order valence-corrected chi connectivity index (χ3v) is 3.45. The summed E-state index contributed by atoms with van der Waals surface area (Å²) < 4.78 is 1.90. The molecule has 4 heteroatoms. The lowest BCUT2D eigenvalue weighted by Crippen LogP contribution is -1.99. The van der Waals surface area contributed by atoms with Crippen LogP contribution in [0.3, 0.4) is 0 Å². The van der Waals surface area contributed by atoms with Crippen LogP contribution in [0.5, 0.6) is 0 Å². The third kappa shape index (κ3) is 3.36. The highest BCUT2D eigenvalue weighted by atomic mass is 79.9. The average Bonchev–Trinajstić information content (AvgIpc) is 2.53. The van der Waals surface area contributed by atoms with Crippen molar-refractivity contribution in [3.8, 4) is 0 Å². The lowest BCUT2D eigenvalue weighted by atomic mass is 10.1. The van der Waals surface area contributed by atoms with E-state index in [9.17, 15) is 0 Å². The summed E-state index contributed by atoms with van der Waals surface area (Å²) in [7, 11) is 1.96. The average molecular weight is 306 g/mol. The van der Waals surface area contributed by atoms with E-state index in [0.717, 1.165) is 41.0 Å². The Bertz CT molecular complexity index is 383. The highest BCUT2D eigenvalue weighted by Gasteiger charge is 2.12. The molecule has 0 aliphatic rings. The third-order valence-electron chi connectivity index (χ3n) is 2.55. The topological polar surface area (TPSA) is 17.8 Å². The molecule has 1 aromatic rings. The summed E-state index contributed by atoms with van der Waals surface area (Å²) in [4.78, 5) is 0. The zero-order valence-electron chi connectivity index (χ0n) is 10.1. The minimum Gasteiger partial charge on any atom is -0.271 e. The first-order chi connectivity index (χ1) is 7.60. The summed E-state index contributed by atoms with van der Waals surface area (Å²) in [6.07, 6.45) is 5.07. The van der Waals surface area contributed by atoms with Crippen LogP contribution in [0.15, 0.2) is 11.6 Å². The van der Waals surface area contributed by atoms with E-state index in [2.05, 4.69) is 41.0 Å². The molecule has 90 valence electrons. The van der Waals surface area contributed by atoms with Gasteiger partial charge >= 0.3 is 0 Å². The van der Waals surface area contributed by atoms with Gasteiger partial charge in [-0.25, -0.2) is 0 Å². The van der Waals surface area contributed by atoms with Gasteiger partial charge in [0.1, 0.15) is 0 Å². The van der Waals surface area contributed by atoms with Crippen LogP contribution in [0, 0.1) is 0 Å². The van der Waals surface area contributed by atoms with E-state index < -0.39 is 0 Å². The number of allylic oxidation sites excluding steroid dienone is 2.